The highest BCUT2D eigenvalue weighted by Gasteiger charge is 2.43. The molecule has 74 valence electrons. The van der Waals surface area contributed by atoms with E-state index in [0.29, 0.717) is 0 Å². The summed E-state index contributed by atoms with van der Waals surface area (Å²) >= 11 is 1.68. The van der Waals surface area contributed by atoms with Crippen LogP contribution in [0.2, 0.25) is 0 Å². The molecule has 0 spiro atoms. The van der Waals surface area contributed by atoms with Gasteiger partial charge in [-0.05, 0) is 17.0 Å². The fraction of sp³-hybridized carbons (Fsp3) is 0.0833. The number of carbonyl (C=O) groups is 1. The predicted octanol–water partition coefficient (Wildman–Crippen LogP) is 2.46. The molecule has 0 aliphatic carbocycles. The van der Waals surface area contributed by atoms with E-state index < -0.39 is 0 Å². The zero-order valence-corrected chi connectivity index (χ0v) is 8.78. The van der Waals surface area contributed by atoms with E-state index in [4.69, 9.17) is 0 Å². The van der Waals surface area contributed by atoms with Crippen molar-refractivity contribution in [2.45, 2.75) is 5.37 Å². The van der Waals surface area contributed by atoms with Crippen LogP contribution in [0.25, 0.3) is 6.08 Å². The van der Waals surface area contributed by atoms with E-state index in [1.807, 2.05) is 48.0 Å². The van der Waals surface area contributed by atoms with Crippen molar-refractivity contribution < 1.29 is 4.79 Å². The molecular weight excluding hydrogens is 206 g/mol. The summed E-state index contributed by atoms with van der Waals surface area (Å²) in [7, 11) is 0. The Kier molecular flexibility index (Phi) is 1.92. The van der Waals surface area contributed by atoms with Gasteiger partial charge in [0, 0.05) is 6.20 Å². The predicted molar refractivity (Wildman–Crippen MR) is 61.8 cm³/mol. The van der Waals surface area contributed by atoms with Gasteiger partial charge in [-0.2, -0.15) is 0 Å². The molecule has 0 aromatic heterocycles. The molecular formula is C12H9NOS. The largest absolute Gasteiger partial charge is 0.298 e. The van der Waals surface area contributed by atoms with E-state index in [2.05, 4.69) is 0 Å². The second kappa shape index (κ2) is 3.28. The summed E-state index contributed by atoms with van der Waals surface area (Å²) in [5.74, 6) is 0.130. The Morgan fingerprint density at radius 3 is 2.87 bits per heavy atom. The topological polar surface area (TPSA) is 20.3 Å². The number of amides is 1. The van der Waals surface area contributed by atoms with Crippen molar-refractivity contribution >= 4 is 23.7 Å². The van der Waals surface area contributed by atoms with Crippen LogP contribution in [0.5, 0.6) is 0 Å². The van der Waals surface area contributed by atoms with Gasteiger partial charge in [-0.25, -0.2) is 0 Å². The van der Waals surface area contributed by atoms with Crippen LogP contribution in [0.15, 0.2) is 47.5 Å². The van der Waals surface area contributed by atoms with E-state index in [9.17, 15) is 4.79 Å². The van der Waals surface area contributed by atoms with Gasteiger partial charge >= 0.3 is 0 Å². The van der Waals surface area contributed by atoms with Crippen LogP contribution in [0, 0.1) is 0 Å². The monoisotopic (exact) mass is 215 g/mol. The number of carbonyl (C=O) groups excluding carboxylic acids is 1. The molecule has 0 radical (unpaired) electrons. The molecule has 0 N–H and O–H groups in total. The molecule has 1 saturated heterocycles. The number of rotatable bonds is 1. The van der Waals surface area contributed by atoms with E-state index in [1.54, 1.807) is 16.7 Å². The molecule has 2 heterocycles. The van der Waals surface area contributed by atoms with Gasteiger partial charge in [0.05, 0.1) is 5.57 Å². The summed E-state index contributed by atoms with van der Waals surface area (Å²) in [4.78, 5) is 13.4. The third-order valence-electron chi connectivity index (χ3n) is 2.55. The first-order chi connectivity index (χ1) is 7.36. The van der Waals surface area contributed by atoms with Crippen molar-refractivity contribution in [2.24, 2.45) is 0 Å². The minimum Gasteiger partial charge on any atom is -0.298 e. The van der Waals surface area contributed by atoms with Crippen molar-refractivity contribution in [2.75, 3.05) is 0 Å². The molecule has 0 saturated carbocycles. The Balaban J connectivity index is 1.91. The van der Waals surface area contributed by atoms with Gasteiger partial charge in [0.15, 0.2) is 0 Å². The minimum absolute atomic E-state index is 0.130. The molecule has 2 aliphatic heterocycles. The first-order valence-electron chi connectivity index (χ1n) is 4.78. The lowest BCUT2D eigenvalue weighted by Gasteiger charge is -2.35. The van der Waals surface area contributed by atoms with E-state index in [0.717, 1.165) is 11.1 Å². The Bertz CT molecular complexity index is 464. The highest BCUT2D eigenvalue weighted by Crippen LogP contribution is 2.41. The average Bonchev–Trinajstić information content (AvgIpc) is 2.72. The summed E-state index contributed by atoms with van der Waals surface area (Å²) in [5, 5.41) is 2.19. The lowest BCUT2D eigenvalue weighted by atomic mass is 10.0. The van der Waals surface area contributed by atoms with Crippen LogP contribution in [-0.4, -0.2) is 16.2 Å². The number of hydrogen-bond donors (Lipinski definition) is 0. The lowest BCUT2D eigenvalue weighted by Crippen LogP contribution is -2.47. The SMILES string of the molecule is O=C1/C(=C\c2ccccc2)[C@H]2SC=CN12. The smallest absolute Gasteiger partial charge is 0.258 e. The molecule has 15 heavy (non-hydrogen) atoms. The van der Waals surface area contributed by atoms with Gasteiger partial charge in [-0.3, -0.25) is 9.69 Å². The zero-order chi connectivity index (χ0) is 10.3. The first-order valence-corrected chi connectivity index (χ1v) is 5.72. The summed E-state index contributed by atoms with van der Waals surface area (Å²) in [5.41, 5.74) is 1.99. The molecule has 0 unspecified atom stereocenters. The van der Waals surface area contributed by atoms with Crippen LogP contribution in [0.4, 0.5) is 0 Å². The number of β-lactam (4-membered cyclic amide) rings is 1. The normalized spacial score (nSPS) is 25.6. The van der Waals surface area contributed by atoms with Crippen LogP contribution in [0.1, 0.15) is 5.56 Å². The number of fused-ring (bicyclic) bond motifs is 1. The maximum Gasteiger partial charge on any atom is 0.258 e. The zero-order valence-electron chi connectivity index (χ0n) is 7.96. The first kappa shape index (κ1) is 8.80. The third kappa shape index (κ3) is 1.31. The molecule has 2 aliphatic rings. The Morgan fingerprint density at radius 2 is 2.07 bits per heavy atom. The molecule has 0 bridgehead atoms. The summed E-state index contributed by atoms with van der Waals surface area (Å²) in [6, 6.07) is 9.95. The molecule has 3 heteroatoms. The average molecular weight is 215 g/mol. The molecule has 2 nitrogen and oxygen atoms in total. The van der Waals surface area contributed by atoms with Crippen molar-refractivity contribution in [1.82, 2.24) is 4.90 Å². The van der Waals surface area contributed by atoms with Crippen LogP contribution < -0.4 is 0 Å². The van der Waals surface area contributed by atoms with Gasteiger partial charge in [-0.1, -0.05) is 30.3 Å². The summed E-state index contributed by atoms with van der Waals surface area (Å²) in [6.45, 7) is 0. The maximum absolute atomic E-state index is 11.6. The van der Waals surface area contributed by atoms with Gasteiger partial charge < -0.3 is 0 Å². The fourth-order valence-electron chi connectivity index (χ4n) is 1.77. The molecule has 1 fully saturated rings. The highest BCUT2D eigenvalue weighted by atomic mass is 32.2. The highest BCUT2D eigenvalue weighted by molar-refractivity contribution is 8.03. The quantitative estimate of drug-likeness (QED) is 0.530. The van der Waals surface area contributed by atoms with Gasteiger partial charge in [-0.15, -0.1) is 11.8 Å². The Labute approximate surface area is 92.3 Å². The van der Waals surface area contributed by atoms with Crippen LogP contribution in [-0.2, 0) is 4.79 Å². The van der Waals surface area contributed by atoms with Gasteiger partial charge in [0.25, 0.3) is 5.91 Å². The van der Waals surface area contributed by atoms with E-state index >= 15 is 0 Å². The van der Waals surface area contributed by atoms with Crippen LogP contribution >= 0.6 is 11.8 Å². The molecule has 1 amide bonds. The van der Waals surface area contributed by atoms with Gasteiger partial charge in [0.2, 0.25) is 0 Å². The lowest BCUT2D eigenvalue weighted by molar-refractivity contribution is -0.130. The van der Waals surface area contributed by atoms with E-state index in [-0.39, 0.29) is 11.3 Å². The Morgan fingerprint density at radius 1 is 1.27 bits per heavy atom. The standard InChI is InChI=1S/C12H9NOS/c14-11-10(12-13(11)6-7-15-12)8-9-4-2-1-3-5-9/h1-8,12H/b10-8+/t12-/m1/s1. The number of hydrogen-bond acceptors (Lipinski definition) is 2. The number of thioether (sulfide) groups is 1. The number of nitrogens with zero attached hydrogens (tertiary/aromatic N) is 1. The van der Waals surface area contributed by atoms with Crippen molar-refractivity contribution in [3.05, 3.63) is 53.1 Å². The minimum atomic E-state index is 0.130. The third-order valence-corrected chi connectivity index (χ3v) is 3.57. The van der Waals surface area contributed by atoms with Crippen molar-refractivity contribution in [3.8, 4) is 0 Å². The second-order valence-electron chi connectivity index (χ2n) is 3.50. The van der Waals surface area contributed by atoms with Crippen LogP contribution in [0.3, 0.4) is 0 Å². The second-order valence-corrected chi connectivity index (χ2v) is 4.49. The van der Waals surface area contributed by atoms with Crippen molar-refractivity contribution in [1.29, 1.82) is 0 Å². The molecule has 1 atom stereocenters. The van der Waals surface area contributed by atoms with Crippen molar-refractivity contribution in [3.63, 3.8) is 0 Å². The molecule has 1 aromatic rings. The molecule has 1 aromatic carbocycles. The van der Waals surface area contributed by atoms with E-state index in [1.165, 1.54) is 0 Å². The van der Waals surface area contributed by atoms with Gasteiger partial charge in [0.1, 0.15) is 5.37 Å². The fourth-order valence-corrected chi connectivity index (χ4v) is 2.73. The maximum atomic E-state index is 11.6. The summed E-state index contributed by atoms with van der Waals surface area (Å²) < 4.78 is 0. The Hall–Kier alpha value is -1.48. The summed E-state index contributed by atoms with van der Waals surface area (Å²) in [6.07, 6.45) is 3.82. The molecule has 3 rings (SSSR count). The number of benzene rings is 1.